The Morgan fingerprint density at radius 1 is 1.47 bits per heavy atom. The van der Waals surface area contributed by atoms with E-state index in [-0.39, 0.29) is 24.7 Å². The van der Waals surface area contributed by atoms with Gasteiger partial charge in [0, 0.05) is 12.5 Å². The van der Waals surface area contributed by atoms with Gasteiger partial charge in [-0.15, -0.1) is 0 Å². The summed E-state index contributed by atoms with van der Waals surface area (Å²) in [5.41, 5.74) is 6.82. The lowest BCUT2D eigenvalue weighted by Gasteiger charge is -2.16. The smallest absolute Gasteiger partial charge is 0.407 e. The average molecular weight is 415 g/mol. The number of rotatable bonds is 5. The lowest BCUT2D eigenvalue weighted by atomic mass is 10.1. The van der Waals surface area contributed by atoms with Crippen LogP contribution in [0.5, 0.6) is 0 Å². The van der Waals surface area contributed by atoms with Gasteiger partial charge < -0.3 is 25.6 Å². The van der Waals surface area contributed by atoms with Crippen LogP contribution in [0.25, 0.3) is 11.2 Å². The van der Waals surface area contributed by atoms with Crippen molar-refractivity contribution >= 4 is 23.2 Å². The van der Waals surface area contributed by atoms with Crippen molar-refractivity contribution in [3.05, 3.63) is 52.6 Å². The van der Waals surface area contributed by atoms with Gasteiger partial charge in [0.05, 0.1) is 13.7 Å². The lowest BCUT2D eigenvalue weighted by Crippen LogP contribution is -2.46. The van der Waals surface area contributed by atoms with Gasteiger partial charge in [-0.3, -0.25) is 14.3 Å². The Hall–Kier alpha value is -3.44. The fourth-order valence-electron chi connectivity index (χ4n) is 3.50. The third-order valence-corrected chi connectivity index (χ3v) is 5.03. The first-order valence-corrected chi connectivity index (χ1v) is 9.44. The van der Waals surface area contributed by atoms with E-state index in [0.717, 1.165) is 5.56 Å². The normalized spacial score (nSPS) is 21.1. The average Bonchev–Trinajstić information content (AvgIpc) is 3.25. The van der Waals surface area contributed by atoms with Gasteiger partial charge in [0.15, 0.2) is 6.33 Å². The maximum absolute atomic E-state index is 12.2. The maximum Gasteiger partial charge on any atom is 0.407 e. The zero-order valence-electron chi connectivity index (χ0n) is 16.3. The van der Waals surface area contributed by atoms with Crippen molar-refractivity contribution in [2.75, 3.05) is 18.9 Å². The zero-order valence-corrected chi connectivity index (χ0v) is 16.3. The van der Waals surface area contributed by atoms with Crippen molar-refractivity contribution in [3.8, 4) is 0 Å². The second kappa shape index (κ2) is 8.13. The number of aromatic nitrogens is 4. The molecule has 5 N–H and O–H groups in total. The van der Waals surface area contributed by atoms with Gasteiger partial charge in [-0.1, -0.05) is 35.3 Å². The van der Waals surface area contributed by atoms with Crippen LogP contribution >= 0.6 is 0 Å². The predicted molar refractivity (Wildman–Crippen MR) is 105 cm³/mol. The molecule has 1 amide bonds. The van der Waals surface area contributed by atoms with Gasteiger partial charge in [0.25, 0.3) is 11.5 Å². The zero-order chi connectivity index (χ0) is 21.3. The van der Waals surface area contributed by atoms with Gasteiger partial charge in [-0.25, -0.2) is 9.36 Å². The van der Waals surface area contributed by atoms with Crippen molar-refractivity contribution in [1.29, 1.82) is 0 Å². The Morgan fingerprint density at radius 3 is 3.00 bits per heavy atom. The number of aryl methyl sites for hydroxylation is 1. The summed E-state index contributed by atoms with van der Waals surface area (Å²) in [7, 11) is 1.69. The van der Waals surface area contributed by atoms with Gasteiger partial charge >= 0.3 is 11.7 Å². The molecule has 0 bridgehead atoms. The minimum atomic E-state index is -0.968. The number of hydrogen-bond acceptors (Lipinski definition) is 7. The van der Waals surface area contributed by atoms with Crippen molar-refractivity contribution in [3.63, 3.8) is 0 Å². The minimum absolute atomic E-state index is 0.0141. The van der Waals surface area contributed by atoms with E-state index in [0.29, 0.717) is 17.7 Å². The van der Waals surface area contributed by atoms with Gasteiger partial charge in [0.2, 0.25) is 11.7 Å². The molecule has 1 aromatic carbocycles. The summed E-state index contributed by atoms with van der Waals surface area (Å²) in [5.74, 6) is -0.463. The summed E-state index contributed by atoms with van der Waals surface area (Å²) in [6.45, 7) is 0.513. The number of benzene rings is 1. The summed E-state index contributed by atoms with van der Waals surface area (Å²) in [6, 6.07) is 9.46. The van der Waals surface area contributed by atoms with E-state index in [1.165, 1.54) is 0 Å². The molecule has 0 spiro atoms. The van der Waals surface area contributed by atoms with E-state index < -0.39 is 24.3 Å². The molecule has 158 valence electrons. The molecule has 3 aromatic rings. The Bertz CT molecular complexity index is 1110. The molecule has 1 fully saturated rings. The number of alkyl carbamates (subject to hydrolysis) is 1. The number of H-pyrrole nitrogens is 1. The second-order valence-corrected chi connectivity index (χ2v) is 7.17. The van der Waals surface area contributed by atoms with Crippen LogP contribution in [0.3, 0.4) is 0 Å². The number of hydrogen-bond donors (Lipinski definition) is 4. The van der Waals surface area contributed by atoms with E-state index in [4.69, 9.17) is 15.2 Å². The first kappa shape index (κ1) is 19.9. The highest BCUT2D eigenvalue weighted by atomic mass is 16.6. The van der Waals surface area contributed by atoms with Crippen LogP contribution in [0.2, 0.25) is 0 Å². The number of nitrogen functional groups attached to an aromatic ring is 1. The Morgan fingerprint density at radius 2 is 2.23 bits per heavy atom. The Labute approximate surface area is 171 Å². The Kier molecular flexibility index (Phi) is 5.38. The fourth-order valence-corrected chi connectivity index (χ4v) is 3.50. The minimum Gasteiger partial charge on any atom is -0.449 e. The monoisotopic (exact) mass is 415 g/mol. The predicted octanol–water partition coefficient (Wildman–Crippen LogP) is -0.436. The summed E-state index contributed by atoms with van der Waals surface area (Å²) in [4.78, 5) is 30.7. The quantitative estimate of drug-likeness (QED) is 0.413. The van der Waals surface area contributed by atoms with Crippen LogP contribution in [0.15, 0.2) is 41.5 Å². The molecule has 0 aliphatic carbocycles. The van der Waals surface area contributed by atoms with Crippen LogP contribution in [0, 0.1) is 5.92 Å². The molecular formula is C19H23N6O5+. The number of aromatic amines is 1. The molecule has 1 aliphatic heterocycles. The highest BCUT2D eigenvalue weighted by Crippen LogP contribution is 2.26. The summed E-state index contributed by atoms with van der Waals surface area (Å²) < 4.78 is 14.1. The lowest BCUT2D eigenvalue weighted by molar-refractivity contribution is -0.744. The molecule has 0 saturated carbocycles. The second-order valence-electron chi connectivity index (χ2n) is 7.17. The number of carbonyl (C=O) groups excluding carboxylic acids is 1. The number of carbonyl (C=O) groups is 1. The number of ether oxygens (including phenoxy) is 2. The first-order valence-electron chi connectivity index (χ1n) is 9.44. The third kappa shape index (κ3) is 3.84. The van der Waals surface area contributed by atoms with Gasteiger partial charge in [0.1, 0.15) is 12.7 Å². The van der Waals surface area contributed by atoms with E-state index in [9.17, 15) is 14.7 Å². The van der Waals surface area contributed by atoms with E-state index in [1.54, 1.807) is 22.5 Å². The number of aliphatic hydroxyl groups excluding tert-OH is 1. The molecule has 0 unspecified atom stereocenters. The van der Waals surface area contributed by atoms with Crippen molar-refractivity contribution in [1.82, 2.24) is 19.9 Å². The Balaban J connectivity index is 1.40. The van der Waals surface area contributed by atoms with E-state index >= 15 is 0 Å². The number of nitrogens with one attached hydrogen (secondary N) is 2. The molecule has 30 heavy (non-hydrogen) atoms. The molecule has 0 radical (unpaired) electrons. The van der Waals surface area contributed by atoms with Crippen molar-refractivity contribution in [2.24, 2.45) is 13.0 Å². The molecule has 2 aromatic heterocycles. The van der Waals surface area contributed by atoms with Crippen LogP contribution in [0.1, 0.15) is 11.8 Å². The molecule has 1 saturated heterocycles. The van der Waals surface area contributed by atoms with E-state index in [2.05, 4.69) is 15.3 Å². The van der Waals surface area contributed by atoms with Crippen molar-refractivity contribution in [2.45, 2.75) is 18.9 Å². The van der Waals surface area contributed by atoms with Gasteiger partial charge in [-0.2, -0.15) is 0 Å². The molecule has 3 heterocycles. The highest BCUT2D eigenvalue weighted by Gasteiger charge is 2.42. The molecular weight excluding hydrogens is 392 g/mol. The largest absolute Gasteiger partial charge is 0.449 e. The summed E-state index contributed by atoms with van der Waals surface area (Å²) in [5, 5.41) is 13.4. The fraction of sp³-hybridized carbons (Fsp3) is 0.368. The summed E-state index contributed by atoms with van der Waals surface area (Å²) in [6.07, 6.45) is -0.725. The van der Waals surface area contributed by atoms with Gasteiger partial charge in [-0.05, 0) is 5.56 Å². The number of anilines is 1. The van der Waals surface area contributed by atoms with Crippen LogP contribution in [-0.4, -0.2) is 45.1 Å². The number of nitrogens with zero attached hydrogens (tertiary/aromatic N) is 3. The summed E-state index contributed by atoms with van der Waals surface area (Å²) >= 11 is 0. The van der Waals surface area contributed by atoms with Crippen LogP contribution < -0.4 is 21.2 Å². The van der Waals surface area contributed by atoms with E-state index in [1.807, 2.05) is 30.3 Å². The number of fused-ring (bicyclic) bond motifs is 1. The number of imidazole rings is 1. The highest BCUT2D eigenvalue weighted by molar-refractivity contribution is 5.67. The van der Waals surface area contributed by atoms with Crippen LogP contribution in [0.4, 0.5) is 10.7 Å². The molecule has 1 aliphatic rings. The molecule has 11 heteroatoms. The maximum atomic E-state index is 12.2. The van der Waals surface area contributed by atoms with Crippen molar-refractivity contribution < 1.29 is 23.9 Å². The topological polar surface area (TPSA) is 148 Å². The third-order valence-electron chi connectivity index (χ3n) is 5.03. The molecule has 4 rings (SSSR count). The number of amides is 1. The standard InChI is InChI=1S/C19H22N6O5/c1-24-10-25(15-13(24)16(27)23-18(20)22-15)17-14(26)12(8-29-17)9-30-19(28)21-7-11-5-3-2-4-6-11/h2-6,10,12,14,17,26H,7-9H2,1H3,(H3-,20,21,22,23,27,28)/p+1/t12-,14+,17+/m0/s1. The SMILES string of the molecule is Cn1c[n+]([C@@H]2OC[C@@H](COC(=O)NCc3ccccc3)[C@H]2O)c2nc(N)[nH]c(=O)c21. The van der Waals surface area contributed by atoms with Crippen LogP contribution in [-0.2, 0) is 23.1 Å². The molecule has 3 atom stereocenters. The number of aliphatic hydroxyl groups is 1. The number of nitrogens with two attached hydrogens (primary N) is 1. The molecule has 11 nitrogen and oxygen atoms in total. The first-order chi connectivity index (χ1) is 14.4.